The summed E-state index contributed by atoms with van der Waals surface area (Å²) in [6, 6.07) is 5.08. The van der Waals surface area contributed by atoms with E-state index in [1.54, 1.807) is 29.2 Å². The topological polar surface area (TPSA) is 69.0 Å². The summed E-state index contributed by atoms with van der Waals surface area (Å²) in [4.78, 5) is 16.5. The molecule has 24 heavy (non-hydrogen) atoms. The van der Waals surface area contributed by atoms with E-state index in [0.717, 1.165) is 12.8 Å². The Morgan fingerprint density at radius 2 is 2.25 bits per heavy atom. The lowest BCUT2D eigenvalue weighted by molar-refractivity contribution is 0.0928. The quantitative estimate of drug-likeness (QED) is 0.871. The number of rotatable bonds is 6. The monoisotopic (exact) mass is 348 g/mol. The number of halogens is 1. The normalized spacial score (nSPS) is 16.1. The number of hydrogen-bond acceptors (Lipinski definition) is 4. The maximum atomic E-state index is 12.6. The zero-order valence-corrected chi connectivity index (χ0v) is 14.4. The second-order valence-corrected chi connectivity index (χ2v) is 6.59. The van der Waals surface area contributed by atoms with Gasteiger partial charge in [-0.2, -0.15) is 5.10 Å². The van der Waals surface area contributed by atoms with Gasteiger partial charge < -0.3 is 10.1 Å². The minimum Gasteiger partial charge on any atom is -0.490 e. The first-order valence-corrected chi connectivity index (χ1v) is 8.59. The molecule has 1 aromatic heterocycles. The number of carbonyl (C=O) groups is 1. The summed E-state index contributed by atoms with van der Waals surface area (Å²) in [5, 5.41) is 7.52. The summed E-state index contributed by atoms with van der Waals surface area (Å²) in [7, 11) is 0. The number of carbonyl (C=O) groups excluding carboxylic acids is 1. The smallest absolute Gasteiger partial charge is 0.255 e. The van der Waals surface area contributed by atoms with Gasteiger partial charge in [-0.1, -0.05) is 11.6 Å². The largest absolute Gasteiger partial charge is 0.490 e. The summed E-state index contributed by atoms with van der Waals surface area (Å²) in [6.07, 6.45) is 7.70. The zero-order valence-electron chi connectivity index (χ0n) is 13.6. The van der Waals surface area contributed by atoms with Crippen molar-refractivity contribution in [2.24, 2.45) is 0 Å². The van der Waals surface area contributed by atoms with E-state index in [1.165, 1.54) is 19.2 Å². The van der Waals surface area contributed by atoms with Crippen LogP contribution in [0.4, 0.5) is 0 Å². The first-order valence-electron chi connectivity index (χ1n) is 8.21. The zero-order chi connectivity index (χ0) is 16.9. The Kier molecular flexibility index (Phi) is 5.35. The number of aromatic nitrogens is 3. The van der Waals surface area contributed by atoms with Gasteiger partial charge in [0.05, 0.1) is 18.2 Å². The molecule has 1 fully saturated rings. The highest BCUT2D eigenvalue weighted by Crippen LogP contribution is 2.28. The molecular weight excluding hydrogens is 328 g/mol. The molecule has 0 spiro atoms. The van der Waals surface area contributed by atoms with E-state index < -0.39 is 0 Å². The molecule has 1 amide bonds. The second-order valence-electron chi connectivity index (χ2n) is 6.16. The molecule has 1 aliphatic rings. The third-order valence-corrected chi connectivity index (χ3v) is 4.32. The van der Waals surface area contributed by atoms with Crippen molar-refractivity contribution in [2.75, 3.05) is 0 Å². The predicted octanol–water partition coefficient (Wildman–Crippen LogP) is 3.07. The minimum absolute atomic E-state index is 0.0995. The Balaban J connectivity index is 1.69. The standard InChI is InChI=1S/C17H21ClN4O2/c1-12(9-22-11-19-10-20-22)21-17(23)15-8-13(18)6-7-16(15)24-14-4-2-3-5-14/h6-8,10-12,14H,2-5,9H2,1H3,(H,21,23)/t12-/m1/s1. The molecule has 1 N–H and O–H groups in total. The average Bonchev–Trinajstić information content (AvgIpc) is 3.22. The van der Waals surface area contributed by atoms with E-state index in [-0.39, 0.29) is 18.1 Å². The van der Waals surface area contributed by atoms with Crippen LogP contribution in [0.15, 0.2) is 30.9 Å². The Hall–Kier alpha value is -2.08. The lowest BCUT2D eigenvalue weighted by Gasteiger charge is -2.18. The van der Waals surface area contributed by atoms with Gasteiger partial charge in [-0.05, 0) is 50.8 Å². The van der Waals surface area contributed by atoms with Crippen molar-refractivity contribution in [1.82, 2.24) is 20.1 Å². The fraction of sp³-hybridized carbons (Fsp3) is 0.471. The highest BCUT2D eigenvalue weighted by atomic mass is 35.5. The molecule has 0 aliphatic heterocycles. The minimum atomic E-state index is -0.196. The molecule has 1 heterocycles. The second kappa shape index (κ2) is 7.66. The summed E-state index contributed by atoms with van der Waals surface area (Å²) in [5.41, 5.74) is 0.472. The van der Waals surface area contributed by atoms with Crippen molar-refractivity contribution < 1.29 is 9.53 Å². The Labute approximate surface area is 146 Å². The molecule has 0 saturated heterocycles. The predicted molar refractivity (Wildman–Crippen MR) is 91.3 cm³/mol. The first-order chi connectivity index (χ1) is 11.6. The van der Waals surface area contributed by atoms with Gasteiger partial charge in [0.1, 0.15) is 18.4 Å². The average molecular weight is 349 g/mol. The van der Waals surface area contributed by atoms with E-state index in [2.05, 4.69) is 15.4 Å². The Morgan fingerprint density at radius 1 is 1.46 bits per heavy atom. The van der Waals surface area contributed by atoms with Gasteiger partial charge in [-0.25, -0.2) is 4.98 Å². The number of amides is 1. The lowest BCUT2D eigenvalue weighted by Crippen LogP contribution is -2.36. The summed E-state index contributed by atoms with van der Waals surface area (Å²) < 4.78 is 7.70. The number of benzene rings is 1. The van der Waals surface area contributed by atoms with Gasteiger partial charge in [0.2, 0.25) is 0 Å². The van der Waals surface area contributed by atoms with Gasteiger partial charge in [0.15, 0.2) is 0 Å². The van der Waals surface area contributed by atoms with Crippen LogP contribution in [-0.4, -0.2) is 32.8 Å². The maximum absolute atomic E-state index is 12.6. The van der Waals surface area contributed by atoms with Gasteiger partial charge >= 0.3 is 0 Å². The van der Waals surface area contributed by atoms with Gasteiger partial charge in [0.25, 0.3) is 5.91 Å². The number of hydrogen-bond donors (Lipinski definition) is 1. The van der Waals surface area contributed by atoms with E-state index >= 15 is 0 Å². The molecule has 0 radical (unpaired) electrons. The van der Waals surface area contributed by atoms with Crippen molar-refractivity contribution in [3.8, 4) is 5.75 Å². The molecule has 6 nitrogen and oxygen atoms in total. The van der Waals surface area contributed by atoms with Crippen LogP contribution in [-0.2, 0) is 6.54 Å². The molecule has 1 aliphatic carbocycles. The van der Waals surface area contributed by atoms with Crippen molar-refractivity contribution in [3.05, 3.63) is 41.4 Å². The molecule has 1 atom stereocenters. The summed E-state index contributed by atoms with van der Waals surface area (Å²) >= 11 is 6.07. The summed E-state index contributed by atoms with van der Waals surface area (Å²) in [5.74, 6) is 0.398. The maximum Gasteiger partial charge on any atom is 0.255 e. The van der Waals surface area contributed by atoms with Crippen molar-refractivity contribution in [1.29, 1.82) is 0 Å². The molecule has 1 aromatic carbocycles. The molecule has 2 aromatic rings. The van der Waals surface area contributed by atoms with E-state index in [0.29, 0.717) is 22.9 Å². The summed E-state index contributed by atoms with van der Waals surface area (Å²) in [6.45, 7) is 2.47. The molecule has 0 bridgehead atoms. The Morgan fingerprint density at radius 3 is 2.96 bits per heavy atom. The van der Waals surface area contributed by atoms with Crippen LogP contribution < -0.4 is 10.1 Å². The molecular formula is C17H21ClN4O2. The van der Waals surface area contributed by atoms with Gasteiger partial charge in [0, 0.05) is 11.1 Å². The highest BCUT2D eigenvalue weighted by molar-refractivity contribution is 6.31. The molecule has 7 heteroatoms. The molecule has 3 rings (SSSR count). The first kappa shape index (κ1) is 16.8. The van der Waals surface area contributed by atoms with Crippen LogP contribution in [0.2, 0.25) is 5.02 Å². The Bertz CT molecular complexity index is 684. The molecule has 1 saturated carbocycles. The third-order valence-electron chi connectivity index (χ3n) is 4.09. The van der Waals surface area contributed by atoms with Crippen molar-refractivity contribution in [3.63, 3.8) is 0 Å². The van der Waals surface area contributed by atoms with Crippen molar-refractivity contribution >= 4 is 17.5 Å². The van der Waals surface area contributed by atoms with E-state index in [9.17, 15) is 4.79 Å². The number of ether oxygens (including phenoxy) is 1. The fourth-order valence-electron chi connectivity index (χ4n) is 2.92. The van der Waals surface area contributed by atoms with Crippen LogP contribution in [0.25, 0.3) is 0 Å². The molecule has 0 unspecified atom stereocenters. The van der Waals surface area contributed by atoms with E-state index in [1.807, 2.05) is 6.92 Å². The van der Waals surface area contributed by atoms with Crippen LogP contribution in [0.3, 0.4) is 0 Å². The highest BCUT2D eigenvalue weighted by Gasteiger charge is 2.21. The van der Waals surface area contributed by atoms with Gasteiger partial charge in [-0.3, -0.25) is 9.48 Å². The van der Waals surface area contributed by atoms with Crippen LogP contribution in [0, 0.1) is 0 Å². The SMILES string of the molecule is C[C@H](Cn1cncn1)NC(=O)c1cc(Cl)ccc1OC1CCCC1. The molecule has 128 valence electrons. The third kappa shape index (κ3) is 4.26. The van der Waals surface area contributed by atoms with Crippen molar-refractivity contribution in [2.45, 2.75) is 51.3 Å². The number of nitrogens with one attached hydrogen (secondary N) is 1. The number of nitrogens with zero attached hydrogens (tertiary/aromatic N) is 3. The lowest BCUT2D eigenvalue weighted by atomic mass is 10.1. The fourth-order valence-corrected chi connectivity index (χ4v) is 3.10. The van der Waals surface area contributed by atoms with Gasteiger partial charge in [-0.15, -0.1) is 0 Å². The van der Waals surface area contributed by atoms with Crippen LogP contribution in [0.1, 0.15) is 43.0 Å². The van der Waals surface area contributed by atoms with Crippen LogP contribution in [0.5, 0.6) is 5.75 Å². The van der Waals surface area contributed by atoms with E-state index in [4.69, 9.17) is 16.3 Å². The van der Waals surface area contributed by atoms with Crippen LogP contribution >= 0.6 is 11.6 Å².